The number of nitrogens with one attached hydrogen (secondary N) is 2. The van der Waals surface area contributed by atoms with Gasteiger partial charge in [0.25, 0.3) is 0 Å². The molecule has 0 aliphatic carbocycles. The lowest BCUT2D eigenvalue weighted by Crippen LogP contribution is -2.36. The van der Waals surface area contributed by atoms with Gasteiger partial charge in [-0.3, -0.25) is 14.5 Å². The Balaban J connectivity index is 1.60. The first-order chi connectivity index (χ1) is 16.1. The fourth-order valence-electron chi connectivity index (χ4n) is 3.91. The molecule has 0 spiro atoms. The van der Waals surface area contributed by atoms with Crippen LogP contribution in [-0.2, 0) is 19.6 Å². The summed E-state index contributed by atoms with van der Waals surface area (Å²) in [4.78, 5) is 26.4. The Hall–Kier alpha value is -2.82. The molecule has 0 atom stereocenters. The lowest BCUT2D eigenvalue weighted by Gasteiger charge is -2.21. The topological polar surface area (TPSA) is 98.8 Å². The number of halogens is 1. The minimum absolute atomic E-state index is 0.0770. The van der Waals surface area contributed by atoms with Crippen LogP contribution in [0.1, 0.15) is 31.2 Å². The van der Waals surface area contributed by atoms with E-state index in [0.29, 0.717) is 30.0 Å². The van der Waals surface area contributed by atoms with Gasteiger partial charge >= 0.3 is 0 Å². The lowest BCUT2D eigenvalue weighted by molar-refractivity contribution is -0.119. The monoisotopic (exact) mass is 490 g/mol. The third kappa shape index (κ3) is 7.34. The van der Waals surface area contributed by atoms with Crippen LogP contribution in [0.2, 0.25) is 0 Å². The Bertz CT molecular complexity index is 1130. The average molecular weight is 491 g/mol. The second-order valence-electron chi connectivity index (χ2n) is 8.63. The zero-order valence-electron chi connectivity index (χ0n) is 19.5. The number of sulfonamides is 1. The molecule has 34 heavy (non-hydrogen) atoms. The van der Waals surface area contributed by atoms with E-state index in [2.05, 4.69) is 10.6 Å². The molecule has 2 N–H and O–H groups in total. The van der Waals surface area contributed by atoms with Gasteiger partial charge in [-0.2, -0.15) is 4.31 Å². The van der Waals surface area contributed by atoms with Crippen molar-refractivity contribution in [3.63, 3.8) is 0 Å². The van der Waals surface area contributed by atoms with E-state index in [4.69, 9.17) is 0 Å². The van der Waals surface area contributed by atoms with Gasteiger partial charge in [0.2, 0.25) is 21.8 Å². The standard InChI is InChI=1S/C24H31FN4O4S/c1-18-12-21(15-22(13-18)34(32,33)29-10-5-3-4-6-11-29)27-24(31)17-28(2)16-23(30)26-20-9-7-8-19(25)14-20/h7-9,12-15H,3-6,10-11,16-17H2,1-2H3,(H,26,30)(H,27,31). The van der Waals surface area contributed by atoms with Crippen molar-refractivity contribution < 1.29 is 22.4 Å². The van der Waals surface area contributed by atoms with Gasteiger partial charge in [-0.05, 0) is 68.8 Å². The molecule has 2 aromatic carbocycles. The number of rotatable bonds is 8. The maximum absolute atomic E-state index is 13.3. The first-order valence-electron chi connectivity index (χ1n) is 11.3. The molecular weight excluding hydrogens is 459 g/mol. The fourth-order valence-corrected chi connectivity index (χ4v) is 5.56. The SMILES string of the molecule is Cc1cc(NC(=O)CN(C)CC(=O)Nc2cccc(F)c2)cc(S(=O)(=O)N2CCCCCC2)c1. The van der Waals surface area contributed by atoms with Crippen LogP contribution in [0.3, 0.4) is 0 Å². The van der Waals surface area contributed by atoms with Crippen molar-refractivity contribution in [3.05, 3.63) is 53.8 Å². The number of benzene rings is 2. The number of amides is 2. The number of carbonyl (C=O) groups is 2. The Morgan fingerprint density at radius 3 is 2.18 bits per heavy atom. The van der Waals surface area contributed by atoms with Gasteiger partial charge in [0.1, 0.15) is 5.82 Å². The maximum atomic E-state index is 13.3. The lowest BCUT2D eigenvalue weighted by atomic mass is 10.2. The second-order valence-corrected chi connectivity index (χ2v) is 10.6. The van der Waals surface area contributed by atoms with Gasteiger partial charge in [-0.1, -0.05) is 18.9 Å². The molecule has 2 aromatic rings. The summed E-state index contributed by atoms with van der Waals surface area (Å²) in [6, 6.07) is 10.3. The van der Waals surface area contributed by atoms with E-state index < -0.39 is 15.8 Å². The molecule has 3 rings (SSSR count). The molecule has 0 saturated carbocycles. The molecule has 1 heterocycles. The van der Waals surface area contributed by atoms with Crippen molar-refractivity contribution in [3.8, 4) is 0 Å². The van der Waals surface area contributed by atoms with E-state index in [1.807, 2.05) is 0 Å². The number of likely N-dealkylation sites (N-methyl/N-ethyl adjacent to an activating group) is 1. The number of nitrogens with zero attached hydrogens (tertiary/aromatic N) is 2. The Labute approximate surface area is 200 Å². The van der Waals surface area contributed by atoms with E-state index in [9.17, 15) is 22.4 Å². The van der Waals surface area contributed by atoms with E-state index in [0.717, 1.165) is 25.7 Å². The molecule has 1 fully saturated rings. The van der Waals surface area contributed by atoms with Crippen LogP contribution < -0.4 is 10.6 Å². The van der Waals surface area contributed by atoms with Gasteiger partial charge in [0, 0.05) is 24.5 Å². The van der Waals surface area contributed by atoms with Crippen LogP contribution in [0.15, 0.2) is 47.4 Å². The highest BCUT2D eigenvalue weighted by molar-refractivity contribution is 7.89. The number of carbonyl (C=O) groups excluding carboxylic acids is 2. The third-order valence-electron chi connectivity index (χ3n) is 5.47. The largest absolute Gasteiger partial charge is 0.325 e. The minimum Gasteiger partial charge on any atom is -0.325 e. The van der Waals surface area contributed by atoms with Gasteiger partial charge < -0.3 is 10.6 Å². The van der Waals surface area contributed by atoms with Gasteiger partial charge in [-0.15, -0.1) is 0 Å². The van der Waals surface area contributed by atoms with E-state index >= 15 is 0 Å². The third-order valence-corrected chi connectivity index (χ3v) is 7.35. The predicted octanol–water partition coefficient (Wildman–Crippen LogP) is 3.21. The van der Waals surface area contributed by atoms with Gasteiger partial charge in [0.05, 0.1) is 18.0 Å². The highest BCUT2D eigenvalue weighted by atomic mass is 32.2. The van der Waals surface area contributed by atoms with Crippen LogP contribution >= 0.6 is 0 Å². The summed E-state index contributed by atoms with van der Waals surface area (Å²) in [5, 5.41) is 5.31. The second kappa shape index (κ2) is 11.5. The summed E-state index contributed by atoms with van der Waals surface area (Å²) in [5.41, 5.74) is 1.44. The van der Waals surface area contributed by atoms with Crippen LogP contribution in [0.4, 0.5) is 15.8 Å². The summed E-state index contributed by atoms with van der Waals surface area (Å²) in [6.07, 6.45) is 3.73. The van der Waals surface area contributed by atoms with E-state index in [1.165, 1.54) is 33.5 Å². The van der Waals surface area contributed by atoms with Crippen molar-refractivity contribution in [2.75, 3.05) is 43.9 Å². The highest BCUT2D eigenvalue weighted by Crippen LogP contribution is 2.24. The number of hydrogen-bond acceptors (Lipinski definition) is 5. The molecule has 0 radical (unpaired) electrons. The quantitative estimate of drug-likeness (QED) is 0.592. The predicted molar refractivity (Wildman–Crippen MR) is 130 cm³/mol. The molecule has 0 unspecified atom stereocenters. The van der Waals surface area contributed by atoms with Crippen molar-refractivity contribution >= 4 is 33.2 Å². The summed E-state index contributed by atoms with van der Waals surface area (Å²) < 4.78 is 41.1. The zero-order valence-corrected chi connectivity index (χ0v) is 20.3. The number of hydrogen-bond donors (Lipinski definition) is 2. The summed E-state index contributed by atoms with van der Waals surface area (Å²) >= 11 is 0. The molecule has 0 bridgehead atoms. The minimum atomic E-state index is -3.65. The van der Waals surface area contributed by atoms with Crippen molar-refractivity contribution in [2.24, 2.45) is 0 Å². The number of aryl methyl sites for hydroxylation is 1. The molecule has 1 aliphatic rings. The fraction of sp³-hybridized carbons (Fsp3) is 0.417. The van der Waals surface area contributed by atoms with Crippen molar-refractivity contribution in [2.45, 2.75) is 37.5 Å². The van der Waals surface area contributed by atoms with Crippen LogP contribution in [0.5, 0.6) is 0 Å². The highest BCUT2D eigenvalue weighted by Gasteiger charge is 2.26. The van der Waals surface area contributed by atoms with Crippen LogP contribution in [-0.4, -0.2) is 62.7 Å². The normalized spacial score (nSPS) is 15.1. The van der Waals surface area contributed by atoms with E-state index in [-0.39, 0.29) is 29.8 Å². The van der Waals surface area contributed by atoms with Gasteiger partial charge in [0.15, 0.2) is 0 Å². The van der Waals surface area contributed by atoms with Crippen LogP contribution in [0, 0.1) is 12.7 Å². The molecule has 8 nitrogen and oxygen atoms in total. The summed E-state index contributed by atoms with van der Waals surface area (Å²) in [7, 11) is -2.04. The molecule has 1 aliphatic heterocycles. The van der Waals surface area contributed by atoms with E-state index in [1.54, 1.807) is 32.2 Å². The van der Waals surface area contributed by atoms with Crippen LogP contribution in [0.25, 0.3) is 0 Å². The zero-order chi connectivity index (χ0) is 24.7. The molecule has 10 heteroatoms. The van der Waals surface area contributed by atoms with Crippen molar-refractivity contribution in [1.29, 1.82) is 0 Å². The smallest absolute Gasteiger partial charge is 0.243 e. The Morgan fingerprint density at radius 2 is 1.56 bits per heavy atom. The molecule has 184 valence electrons. The first kappa shape index (κ1) is 25.8. The Kier molecular flexibility index (Phi) is 8.76. The average Bonchev–Trinajstić information content (AvgIpc) is 3.03. The Morgan fingerprint density at radius 1 is 0.941 bits per heavy atom. The molecule has 1 saturated heterocycles. The molecule has 0 aromatic heterocycles. The summed E-state index contributed by atoms with van der Waals surface area (Å²) in [6.45, 7) is 2.62. The molecule has 2 amide bonds. The first-order valence-corrected chi connectivity index (χ1v) is 12.7. The number of anilines is 2. The maximum Gasteiger partial charge on any atom is 0.243 e. The van der Waals surface area contributed by atoms with Crippen molar-refractivity contribution in [1.82, 2.24) is 9.21 Å². The van der Waals surface area contributed by atoms with Gasteiger partial charge in [-0.25, -0.2) is 12.8 Å². The summed E-state index contributed by atoms with van der Waals surface area (Å²) in [5.74, 6) is -1.23. The molecular formula is C24H31FN4O4S.